The van der Waals surface area contributed by atoms with Gasteiger partial charge in [-0.15, -0.1) is 0 Å². The van der Waals surface area contributed by atoms with Crippen molar-refractivity contribution in [2.24, 2.45) is 0 Å². The molecule has 0 aromatic heterocycles. The molecule has 1 aliphatic heterocycles. The zero-order chi connectivity index (χ0) is 14.7. The molecule has 6 heteroatoms. The smallest absolute Gasteiger partial charge is 0.268 e. The molecule has 2 amide bonds. The highest BCUT2D eigenvalue weighted by Gasteiger charge is 2.36. The fourth-order valence-electron chi connectivity index (χ4n) is 2.32. The van der Waals surface area contributed by atoms with Crippen molar-refractivity contribution in [2.75, 3.05) is 20.7 Å². The SMILES string of the molecule is CON(C)C(=O)[C@H]1CCCN1C(=O)c1ccc(Br)cc1. The number of hydroxylamine groups is 2. The zero-order valence-electron chi connectivity index (χ0n) is 11.5. The van der Waals surface area contributed by atoms with Crippen molar-refractivity contribution in [3.8, 4) is 0 Å². The van der Waals surface area contributed by atoms with Gasteiger partial charge in [0.15, 0.2) is 0 Å². The molecule has 1 aliphatic rings. The number of likely N-dealkylation sites (tertiary alicyclic amines) is 1. The molecule has 0 spiro atoms. The Labute approximate surface area is 126 Å². The molecule has 1 aromatic carbocycles. The molecule has 0 aliphatic carbocycles. The van der Waals surface area contributed by atoms with E-state index < -0.39 is 6.04 Å². The molecule has 0 saturated carbocycles. The minimum Gasteiger partial charge on any atom is -0.327 e. The summed E-state index contributed by atoms with van der Waals surface area (Å²) >= 11 is 3.34. The number of hydrogen-bond donors (Lipinski definition) is 0. The van der Waals surface area contributed by atoms with Crippen LogP contribution in [-0.2, 0) is 9.63 Å². The second kappa shape index (κ2) is 6.37. The molecule has 0 N–H and O–H groups in total. The summed E-state index contributed by atoms with van der Waals surface area (Å²) in [5, 5.41) is 1.18. The molecule has 0 radical (unpaired) electrons. The van der Waals surface area contributed by atoms with Gasteiger partial charge >= 0.3 is 0 Å². The highest BCUT2D eigenvalue weighted by Crippen LogP contribution is 2.22. The number of amides is 2. The standard InChI is InChI=1S/C14H17BrN2O3/c1-16(20-2)14(19)12-4-3-9-17(12)13(18)10-5-7-11(15)8-6-10/h5-8,12H,3-4,9H2,1-2H3/t12-/m1/s1. The highest BCUT2D eigenvalue weighted by atomic mass is 79.9. The first-order valence-electron chi connectivity index (χ1n) is 6.43. The Kier molecular flexibility index (Phi) is 4.77. The average molecular weight is 341 g/mol. The minimum atomic E-state index is -0.434. The van der Waals surface area contributed by atoms with E-state index in [1.165, 1.54) is 12.2 Å². The largest absolute Gasteiger partial charge is 0.327 e. The Balaban J connectivity index is 2.16. The van der Waals surface area contributed by atoms with Crippen LogP contribution in [0.15, 0.2) is 28.7 Å². The summed E-state index contributed by atoms with van der Waals surface area (Å²) < 4.78 is 0.919. The van der Waals surface area contributed by atoms with Crippen molar-refractivity contribution in [3.63, 3.8) is 0 Å². The summed E-state index contributed by atoms with van der Waals surface area (Å²) in [6, 6.07) is 6.72. The van der Waals surface area contributed by atoms with E-state index in [-0.39, 0.29) is 11.8 Å². The quantitative estimate of drug-likeness (QED) is 0.791. The van der Waals surface area contributed by atoms with E-state index in [0.29, 0.717) is 18.5 Å². The fraction of sp³-hybridized carbons (Fsp3) is 0.429. The molecule has 108 valence electrons. The van der Waals surface area contributed by atoms with Gasteiger partial charge in [0.05, 0.1) is 7.11 Å². The summed E-state index contributed by atoms with van der Waals surface area (Å²) in [5.41, 5.74) is 0.591. The molecule has 1 saturated heterocycles. The Morgan fingerprint density at radius 2 is 2.00 bits per heavy atom. The Morgan fingerprint density at radius 3 is 2.60 bits per heavy atom. The number of nitrogens with zero attached hydrogens (tertiary/aromatic N) is 2. The van der Waals surface area contributed by atoms with Gasteiger partial charge in [-0.05, 0) is 37.1 Å². The third-order valence-electron chi connectivity index (χ3n) is 3.47. The maximum Gasteiger partial charge on any atom is 0.268 e. The van der Waals surface area contributed by atoms with E-state index in [9.17, 15) is 9.59 Å². The van der Waals surface area contributed by atoms with E-state index in [1.54, 1.807) is 24.1 Å². The van der Waals surface area contributed by atoms with E-state index >= 15 is 0 Å². The summed E-state index contributed by atoms with van der Waals surface area (Å²) in [5.74, 6) is -0.298. The first-order valence-corrected chi connectivity index (χ1v) is 7.22. The lowest BCUT2D eigenvalue weighted by Gasteiger charge is -2.26. The van der Waals surface area contributed by atoms with Gasteiger partial charge in [0.1, 0.15) is 6.04 Å². The lowest BCUT2D eigenvalue weighted by molar-refractivity contribution is -0.172. The van der Waals surface area contributed by atoms with Crippen LogP contribution >= 0.6 is 15.9 Å². The topological polar surface area (TPSA) is 49.9 Å². The molecule has 1 aromatic rings. The van der Waals surface area contributed by atoms with E-state index in [0.717, 1.165) is 10.9 Å². The lowest BCUT2D eigenvalue weighted by Crippen LogP contribution is -2.46. The van der Waals surface area contributed by atoms with Crippen molar-refractivity contribution in [3.05, 3.63) is 34.3 Å². The van der Waals surface area contributed by atoms with Crippen molar-refractivity contribution in [2.45, 2.75) is 18.9 Å². The van der Waals surface area contributed by atoms with Crippen LogP contribution in [0.4, 0.5) is 0 Å². The fourth-order valence-corrected chi connectivity index (χ4v) is 2.59. The number of hydrogen-bond acceptors (Lipinski definition) is 3. The van der Waals surface area contributed by atoms with E-state index in [4.69, 9.17) is 4.84 Å². The van der Waals surface area contributed by atoms with E-state index in [1.807, 2.05) is 12.1 Å². The number of likely N-dealkylation sites (N-methyl/N-ethyl adjacent to an activating group) is 1. The maximum absolute atomic E-state index is 12.5. The second-order valence-electron chi connectivity index (χ2n) is 4.68. The molecule has 20 heavy (non-hydrogen) atoms. The first-order chi connectivity index (χ1) is 9.54. The minimum absolute atomic E-state index is 0.113. The Bertz CT molecular complexity index is 504. The molecular weight excluding hydrogens is 324 g/mol. The number of rotatable bonds is 3. The van der Waals surface area contributed by atoms with Crippen LogP contribution in [0, 0.1) is 0 Å². The third kappa shape index (κ3) is 3.02. The molecule has 1 fully saturated rings. The molecule has 2 rings (SSSR count). The summed E-state index contributed by atoms with van der Waals surface area (Å²) in [4.78, 5) is 31.2. The van der Waals surface area contributed by atoms with Gasteiger partial charge in [0.25, 0.3) is 11.8 Å². The van der Waals surface area contributed by atoms with Crippen LogP contribution in [0.5, 0.6) is 0 Å². The van der Waals surface area contributed by atoms with Crippen LogP contribution in [0.2, 0.25) is 0 Å². The lowest BCUT2D eigenvalue weighted by atomic mass is 10.1. The van der Waals surface area contributed by atoms with Crippen molar-refractivity contribution >= 4 is 27.7 Å². The van der Waals surface area contributed by atoms with Gasteiger partial charge in [0.2, 0.25) is 0 Å². The maximum atomic E-state index is 12.5. The van der Waals surface area contributed by atoms with Crippen LogP contribution in [0.3, 0.4) is 0 Å². The molecule has 0 unspecified atom stereocenters. The van der Waals surface area contributed by atoms with Crippen LogP contribution in [-0.4, -0.2) is 48.5 Å². The van der Waals surface area contributed by atoms with Gasteiger partial charge in [-0.1, -0.05) is 15.9 Å². The van der Waals surface area contributed by atoms with Crippen LogP contribution in [0.1, 0.15) is 23.2 Å². The normalized spacial score (nSPS) is 18.1. The van der Waals surface area contributed by atoms with Gasteiger partial charge in [-0.25, -0.2) is 5.06 Å². The number of carbonyl (C=O) groups is 2. The monoisotopic (exact) mass is 340 g/mol. The highest BCUT2D eigenvalue weighted by molar-refractivity contribution is 9.10. The summed E-state index contributed by atoms with van der Waals surface area (Å²) in [6.45, 7) is 0.600. The average Bonchev–Trinajstić information content (AvgIpc) is 2.95. The predicted molar refractivity (Wildman–Crippen MR) is 78.0 cm³/mol. The summed E-state index contributed by atoms with van der Waals surface area (Å²) in [7, 11) is 3.00. The van der Waals surface area contributed by atoms with Crippen LogP contribution < -0.4 is 0 Å². The van der Waals surface area contributed by atoms with Gasteiger partial charge < -0.3 is 4.90 Å². The van der Waals surface area contributed by atoms with Crippen molar-refractivity contribution in [1.29, 1.82) is 0 Å². The number of carbonyl (C=O) groups excluding carboxylic acids is 2. The van der Waals surface area contributed by atoms with Gasteiger partial charge in [-0.2, -0.15) is 0 Å². The predicted octanol–water partition coefficient (Wildman–Crippen LogP) is 2.07. The molecule has 5 nitrogen and oxygen atoms in total. The van der Waals surface area contributed by atoms with Crippen molar-refractivity contribution in [1.82, 2.24) is 9.96 Å². The van der Waals surface area contributed by atoms with Crippen molar-refractivity contribution < 1.29 is 14.4 Å². The van der Waals surface area contributed by atoms with E-state index in [2.05, 4.69) is 15.9 Å². The number of benzene rings is 1. The van der Waals surface area contributed by atoms with Crippen LogP contribution in [0.25, 0.3) is 0 Å². The second-order valence-corrected chi connectivity index (χ2v) is 5.60. The number of halogens is 1. The first kappa shape index (κ1) is 15.0. The molecule has 0 bridgehead atoms. The van der Waals surface area contributed by atoms with Gasteiger partial charge in [0, 0.05) is 23.6 Å². The molecule has 1 heterocycles. The third-order valence-corrected chi connectivity index (χ3v) is 4.00. The molecular formula is C14H17BrN2O3. The van der Waals surface area contributed by atoms with Gasteiger partial charge in [-0.3, -0.25) is 14.4 Å². The Morgan fingerprint density at radius 1 is 1.35 bits per heavy atom. The molecule has 1 atom stereocenters. The zero-order valence-corrected chi connectivity index (χ0v) is 13.1. The Hall–Kier alpha value is -1.40. The summed E-state index contributed by atoms with van der Waals surface area (Å²) in [6.07, 6.45) is 1.50.